The van der Waals surface area contributed by atoms with E-state index in [0.717, 1.165) is 37.0 Å². The molecular formula is C24H28O5. The summed E-state index contributed by atoms with van der Waals surface area (Å²) in [6, 6.07) is 0. The summed E-state index contributed by atoms with van der Waals surface area (Å²) in [4.78, 5) is 38.2. The highest BCUT2D eigenvalue weighted by Gasteiger charge is 2.69. The first kappa shape index (κ1) is 17.2. The van der Waals surface area contributed by atoms with Gasteiger partial charge in [-0.1, -0.05) is 12.2 Å². The van der Waals surface area contributed by atoms with Crippen LogP contribution in [0, 0.1) is 59.2 Å². The largest absolute Gasteiger partial charge is 0.438 e. The average Bonchev–Trinajstić information content (AvgIpc) is 3.37. The third-order valence-electron chi connectivity index (χ3n) is 9.82. The molecule has 8 aliphatic carbocycles. The Morgan fingerprint density at radius 1 is 0.897 bits per heavy atom. The van der Waals surface area contributed by atoms with Gasteiger partial charge in [-0.15, -0.1) is 0 Å². The molecule has 29 heavy (non-hydrogen) atoms. The second kappa shape index (κ2) is 5.60. The number of ether oxygens (including phenoxy) is 2. The Bertz CT molecular complexity index is 807. The Hall–Kier alpha value is -1.49. The summed E-state index contributed by atoms with van der Waals surface area (Å²) in [6.07, 6.45) is 11.9. The van der Waals surface area contributed by atoms with Gasteiger partial charge in [0.15, 0.2) is 6.79 Å². The Labute approximate surface area is 170 Å². The highest BCUT2D eigenvalue weighted by atomic mass is 16.7. The van der Waals surface area contributed by atoms with Crippen molar-refractivity contribution in [1.82, 2.24) is 0 Å². The van der Waals surface area contributed by atoms with E-state index in [1.54, 1.807) is 0 Å². The van der Waals surface area contributed by atoms with Crippen molar-refractivity contribution < 1.29 is 23.9 Å². The molecule has 0 aromatic heterocycles. The number of carbonyl (C=O) groups is 3. The lowest BCUT2D eigenvalue weighted by Crippen LogP contribution is -2.52. The standard InChI is InChI=1S/C24H28O5/c25-21-14-1-2-15(21)19-18(14)16-6-17(20(19)22(16)26)23(27)28-10-29-24-7-11-3-12(8-24)5-13(4-11)9-24/h1-2,11-20H,3-10H2. The number of rotatable bonds is 4. The predicted octanol–water partition coefficient (Wildman–Crippen LogP) is 2.92. The van der Waals surface area contributed by atoms with Crippen LogP contribution in [0.4, 0.5) is 0 Å². The fraction of sp³-hybridized carbons (Fsp3) is 0.792. The topological polar surface area (TPSA) is 69.7 Å². The van der Waals surface area contributed by atoms with Crippen molar-refractivity contribution in [3.8, 4) is 0 Å². The van der Waals surface area contributed by atoms with Gasteiger partial charge in [0.2, 0.25) is 0 Å². The highest BCUT2D eigenvalue weighted by molar-refractivity contribution is 6.01. The molecule has 8 rings (SSSR count). The number of Topliss-reactive ketones (excluding diaryl/α,β-unsaturated/α-hetero) is 2. The third kappa shape index (κ3) is 2.18. The summed E-state index contributed by atoms with van der Waals surface area (Å²) in [7, 11) is 0. The summed E-state index contributed by atoms with van der Waals surface area (Å²) in [6.45, 7) is 0.0199. The molecule has 0 amide bonds. The van der Waals surface area contributed by atoms with Gasteiger partial charge in [-0.05, 0) is 74.5 Å². The molecule has 0 saturated heterocycles. The van der Waals surface area contributed by atoms with Crippen molar-refractivity contribution >= 4 is 17.5 Å². The summed E-state index contributed by atoms with van der Waals surface area (Å²) in [5.41, 5.74) is -0.0769. The third-order valence-corrected chi connectivity index (χ3v) is 9.82. The van der Waals surface area contributed by atoms with Crippen molar-refractivity contribution in [3.63, 3.8) is 0 Å². The van der Waals surface area contributed by atoms with Gasteiger partial charge in [0.1, 0.15) is 11.6 Å². The van der Waals surface area contributed by atoms with E-state index in [0.29, 0.717) is 6.42 Å². The van der Waals surface area contributed by atoms with Crippen LogP contribution in [0.1, 0.15) is 44.9 Å². The van der Waals surface area contributed by atoms with Crippen LogP contribution >= 0.6 is 0 Å². The highest BCUT2D eigenvalue weighted by Crippen LogP contribution is 2.64. The normalized spacial score (nSPS) is 55.2. The van der Waals surface area contributed by atoms with Gasteiger partial charge in [-0.3, -0.25) is 14.4 Å². The van der Waals surface area contributed by atoms with E-state index in [9.17, 15) is 14.4 Å². The lowest BCUT2D eigenvalue weighted by atomic mass is 9.54. The molecule has 7 atom stereocenters. The zero-order valence-corrected chi connectivity index (χ0v) is 16.6. The van der Waals surface area contributed by atoms with E-state index < -0.39 is 0 Å². The van der Waals surface area contributed by atoms with E-state index in [2.05, 4.69) is 0 Å². The second-order valence-electron chi connectivity index (χ2n) is 11.2. The molecule has 7 saturated carbocycles. The molecule has 7 fully saturated rings. The molecule has 7 unspecified atom stereocenters. The smallest absolute Gasteiger partial charge is 0.311 e. The van der Waals surface area contributed by atoms with E-state index in [4.69, 9.17) is 9.47 Å². The van der Waals surface area contributed by atoms with Crippen LogP contribution in [0.5, 0.6) is 0 Å². The maximum atomic E-state index is 12.9. The van der Waals surface area contributed by atoms with Crippen molar-refractivity contribution in [3.05, 3.63) is 12.2 Å². The van der Waals surface area contributed by atoms with Crippen LogP contribution in [0.15, 0.2) is 12.2 Å². The van der Waals surface area contributed by atoms with Crippen LogP contribution in [0.3, 0.4) is 0 Å². The van der Waals surface area contributed by atoms with E-state index in [-0.39, 0.29) is 71.4 Å². The molecule has 5 nitrogen and oxygen atoms in total. The minimum atomic E-state index is -0.380. The monoisotopic (exact) mass is 396 g/mol. The Morgan fingerprint density at radius 3 is 2.17 bits per heavy atom. The first-order valence-corrected chi connectivity index (χ1v) is 11.6. The minimum Gasteiger partial charge on any atom is -0.438 e. The number of esters is 1. The van der Waals surface area contributed by atoms with Gasteiger partial charge in [0.05, 0.1) is 11.5 Å². The van der Waals surface area contributed by atoms with Crippen LogP contribution in [0.25, 0.3) is 0 Å². The first-order valence-electron chi connectivity index (χ1n) is 11.6. The summed E-state index contributed by atoms with van der Waals surface area (Å²) in [5, 5.41) is 0. The van der Waals surface area contributed by atoms with Crippen molar-refractivity contribution in [2.75, 3.05) is 6.79 Å². The molecule has 5 heteroatoms. The molecule has 0 aliphatic heterocycles. The molecule has 0 spiro atoms. The number of carbonyl (C=O) groups excluding carboxylic acids is 3. The first-order chi connectivity index (χ1) is 14.0. The molecule has 8 aliphatic rings. The van der Waals surface area contributed by atoms with E-state index in [1.807, 2.05) is 12.2 Å². The lowest BCUT2D eigenvalue weighted by Gasteiger charge is -2.56. The fourth-order valence-corrected chi connectivity index (χ4v) is 9.30. The maximum absolute atomic E-state index is 12.9. The number of hydrogen-bond donors (Lipinski definition) is 0. The van der Waals surface area contributed by atoms with Crippen molar-refractivity contribution in [2.24, 2.45) is 59.2 Å². The number of hydrogen-bond acceptors (Lipinski definition) is 5. The molecule has 154 valence electrons. The molecule has 0 aromatic rings. The molecule has 8 bridgehead atoms. The van der Waals surface area contributed by atoms with E-state index in [1.165, 1.54) is 19.3 Å². The van der Waals surface area contributed by atoms with Gasteiger partial charge in [0.25, 0.3) is 0 Å². The quantitative estimate of drug-likeness (QED) is 0.316. The van der Waals surface area contributed by atoms with Gasteiger partial charge in [0, 0.05) is 23.7 Å². The lowest BCUT2D eigenvalue weighted by molar-refractivity contribution is -0.213. The molecule has 0 N–H and O–H groups in total. The SMILES string of the molecule is O=C1C2C=CC1C1C3C(=O)C(CC3C(=O)OCOC34CC5CC(CC(C5)C3)C4)C21. The van der Waals surface area contributed by atoms with Crippen molar-refractivity contribution in [2.45, 2.75) is 50.5 Å². The van der Waals surface area contributed by atoms with Gasteiger partial charge in [-0.2, -0.15) is 0 Å². The Balaban J connectivity index is 1.02. The predicted molar refractivity (Wildman–Crippen MR) is 101 cm³/mol. The molecule has 0 radical (unpaired) electrons. The number of ketones is 2. The van der Waals surface area contributed by atoms with Gasteiger partial charge in [-0.25, -0.2) is 0 Å². The molecule has 0 aromatic carbocycles. The van der Waals surface area contributed by atoms with Crippen LogP contribution in [-0.4, -0.2) is 29.9 Å². The molecular weight excluding hydrogens is 368 g/mol. The van der Waals surface area contributed by atoms with Gasteiger partial charge >= 0.3 is 5.97 Å². The maximum Gasteiger partial charge on any atom is 0.311 e. The summed E-state index contributed by atoms with van der Waals surface area (Å²) < 4.78 is 11.8. The Kier molecular flexibility index (Phi) is 3.32. The zero-order valence-electron chi connectivity index (χ0n) is 16.6. The average molecular weight is 396 g/mol. The number of fused-ring (bicyclic) bond motifs is 9. The Morgan fingerprint density at radius 2 is 1.52 bits per heavy atom. The number of allylic oxidation sites excluding steroid dienone is 2. The van der Waals surface area contributed by atoms with Crippen LogP contribution < -0.4 is 0 Å². The van der Waals surface area contributed by atoms with E-state index >= 15 is 0 Å². The van der Waals surface area contributed by atoms with Crippen LogP contribution in [-0.2, 0) is 23.9 Å². The minimum absolute atomic E-state index is 0.0199. The van der Waals surface area contributed by atoms with Crippen LogP contribution in [0.2, 0.25) is 0 Å². The zero-order chi connectivity index (χ0) is 19.5. The van der Waals surface area contributed by atoms with Crippen molar-refractivity contribution in [1.29, 1.82) is 0 Å². The summed E-state index contributed by atoms with van der Waals surface area (Å²) in [5.74, 6) is 1.67. The second-order valence-corrected chi connectivity index (χ2v) is 11.2. The fourth-order valence-electron chi connectivity index (χ4n) is 9.30. The summed E-state index contributed by atoms with van der Waals surface area (Å²) >= 11 is 0. The van der Waals surface area contributed by atoms with Gasteiger partial charge < -0.3 is 9.47 Å². The molecule has 0 heterocycles.